The summed E-state index contributed by atoms with van der Waals surface area (Å²) in [5, 5.41) is 2.54. The van der Waals surface area contributed by atoms with Crippen LogP contribution in [0.15, 0.2) is 47.4 Å². The predicted molar refractivity (Wildman–Crippen MR) is 97.8 cm³/mol. The maximum atomic E-state index is 12.4. The number of rotatable bonds is 7. The summed E-state index contributed by atoms with van der Waals surface area (Å²) in [5.74, 6) is 0.460. The number of hydrogen-bond acceptors (Lipinski definition) is 5. The highest BCUT2D eigenvalue weighted by atomic mass is 32.2. The number of amides is 2. The zero-order valence-corrected chi connectivity index (χ0v) is 15.5. The maximum Gasteiger partial charge on any atom is 0.334 e. The minimum atomic E-state index is -4.06. The molecule has 0 spiro atoms. The first-order valence-corrected chi connectivity index (χ1v) is 9.27. The number of benzene rings is 2. The van der Waals surface area contributed by atoms with Gasteiger partial charge in [0.15, 0.2) is 0 Å². The average molecular weight is 379 g/mol. The molecule has 0 aliphatic rings. The van der Waals surface area contributed by atoms with Crippen LogP contribution in [0.25, 0.3) is 0 Å². The number of anilines is 1. The molecule has 0 radical (unpaired) electrons. The summed E-state index contributed by atoms with van der Waals surface area (Å²) in [7, 11) is -1.29. The van der Waals surface area contributed by atoms with Crippen LogP contribution in [0.3, 0.4) is 0 Å². The SMILES string of the molecule is CCc1ccc(NC(=O)NNS(=O)(=O)c2cc(OC)ccc2OC)cc1. The van der Waals surface area contributed by atoms with E-state index < -0.39 is 16.1 Å². The summed E-state index contributed by atoms with van der Waals surface area (Å²) in [5.41, 5.74) is 3.77. The summed E-state index contributed by atoms with van der Waals surface area (Å²) < 4.78 is 34.9. The van der Waals surface area contributed by atoms with Crippen LogP contribution in [0, 0.1) is 0 Å². The van der Waals surface area contributed by atoms with Gasteiger partial charge < -0.3 is 14.8 Å². The van der Waals surface area contributed by atoms with Crippen LogP contribution < -0.4 is 25.0 Å². The van der Waals surface area contributed by atoms with Crippen molar-refractivity contribution < 1.29 is 22.7 Å². The van der Waals surface area contributed by atoms with Gasteiger partial charge in [-0.1, -0.05) is 19.1 Å². The molecule has 0 saturated carbocycles. The summed E-state index contributed by atoms with van der Waals surface area (Å²) in [6.07, 6.45) is 0.884. The normalized spacial score (nSPS) is 10.9. The Labute approximate surface area is 152 Å². The molecule has 0 aromatic heterocycles. The number of methoxy groups -OCH3 is 2. The third-order valence-corrected chi connectivity index (χ3v) is 4.85. The average Bonchev–Trinajstić information content (AvgIpc) is 2.66. The molecule has 0 unspecified atom stereocenters. The van der Waals surface area contributed by atoms with Crippen molar-refractivity contribution in [2.24, 2.45) is 0 Å². The zero-order chi connectivity index (χ0) is 19.2. The van der Waals surface area contributed by atoms with Crippen molar-refractivity contribution in [3.63, 3.8) is 0 Å². The number of urea groups is 1. The highest BCUT2D eigenvalue weighted by Crippen LogP contribution is 2.27. The second-order valence-corrected chi connectivity index (χ2v) is 6.90. The molecule has 2 aromatic carbocycles. The highest BCUT2D eigenvalue weighted by Gasteiger charge is 2.21. The molecule has 0 bridgehead atoms. The molecule has 2 aromatic rings. The van der Waals surface area contributed by atoms with Gasteiger partial charge in [0.05, 0.1) is 14.2 Å². The van der Waals surface area contributed by atoms with E-state index in [4.69, 9.17) is 9.47 Å². The predicted octanol–water partition coefficient (Wildman–Crippen LogP) is 2.28. The fraction of sp³-hybridized carbons (Fsp3) is 0.235. The fourth-order valence-electron chi connectivity index (χ4n) is 2.15. The second-order valence-electron chi connectivity index (χ2n) is 5.25. The second kappa shape index (κ2) is 8.54. The van der Waals surface area contributed by atoms with Crippen molar-refractivity contribution in [3.8, 4) is 11.5 Å². The van der Waals surface area contributed by atoms with Crippen LogP contribution in [0.5, 0.6) is 11.5 Å². The van der Waals surface area contributed by atoms with Gasteiger partial charge in [-0.3, -0.25) is 5.43 Å². The largest absolute Gasteiger partial charge is 0.497 e. The Bertz CT molecular complexity index is 866. The molecule has 0 heterocycles. The van der Waals surface area contributed by atoms with Gasteiger partial charge in [0.1, 0.15) is 16.4 Å². The Morgan fingerprint density at radius 2 is 1.73 bits per heavy atom. The van der Waals surface area contributed by atoms with Crippen molar-refractivity contribution in [2.75, 3.05) is 19.5 Å². The number of hydrogen-bond donors (Lipinski definition) is 3. The molecular formula is C17H21N3O5S. The third-order valence-electron chi connectivity index (χ3n) is 3.58. The molecule has 140 valence electrons. The van der Waals surface area contributed by atoms with Crippen LogP contribution in [0.4, 0.5) is 10.5 Å². The first kappa shape index (κ1) is 19.5. The number of carbonyl (C=O) groups is 1. The lowest BCUT2D eigenvalue weighted by Crippen LogP contribution is -2.43. The Morgan fingerprint density at radius 3 is 2.31 bits per heavy atom. The molecule has 8 nitrogen and oxygen atoms in total. The van der Waals surface area contributed by atoms with Crippen LogP contribution in [0.2, 0.25) is 0 Å². The van der Waals surface area contributed by atoms with Gasteiger partial charge in [0.25, 0.3) is 10.0 Å². The van der Waals surface area contributed by atoms with Gasteiger partial charge in [-0.2, -0.15) is 0 Å². The molecule has 9 heteroatoms. The molecule has 0 fully saturated rings. The van der Waals surface area contributed by atoms with E-state index in [1.165, 1.54) is 26.4 Å². The van der Waals surface area contributed by atoms with E-state index in [0.717, 1.165) is 12.0 Å². The van der Waals surface area contributed by atoms with E-state index in [1.54, 1.807) is 18.2 Å². The Morgan fingerprint density at radius 1 is 1.04 bits per heavy atom. The number of ether oxygens (including phenoxy) is 2. The lowest BCUT2D eigenvalue weighted by Gasteiger charge is -2.13. The van der Waals surface area contributed by atoms with Crippen molar-refractivity contribution in [1.29, 1.82) is 0 Å². The van der Waals surface area contributed by atoms with Crippen molar-refractivity contribution in [1.82, 2.24) is 10.3 Å². The molecule has 2 amide bonds. The van der Waals surface area contributed by atoms with Crippen LogP contribution in [-0.2, 0) is 16.4 Å². The van der Waals surface area contributed by atoms with Crippen LogP contribution in [0.1, 0.15) is 12.5 Å². The van der Waals surface area contributed by atoms with E-state index in [-0.39, 0.29) is 10.6 Å². The molecule has 3 N–H and O–H groups in total. The Kier molecular flexibility index (Phi) is 6.42. The number of carbonyl (C=O) groups excluding carboxylic acids is 1. The topological polar surface area (TPSA) is 106 Å². The minimum absolute atomic E-state index is 0.121. The van der Waals surface area contributed by atoms with E-state index in [9.17, 15) is 13.2 Å². The molecule has 0 aliphatic heterocycles. The van der Waals surface area contributed by atoms with Gasteiger partial charge in [0, 0.05) is 11.8 Å². The van der Waals surface area contributed by atoms with E-state index in [2.05, 4.69) is 10.7 Å². The quantitative estimate of drug-likeness (QED) is 0.640. The van der Waals surface area contributed by atoms with E-state index >= 15 is 0 Å². The number of sulfonamides is 1. The van der Waals surface area contributed by atoms with E-state index in [0.29, 0.717) is 11.4 Å². The monoisotopic (exact) mass is 379 g/mol. The maximum absolute atomic E-state index is 12.4. The van der Waals surface area contributed by atoms with Gasteiger partial charge in [-0.25, -0.2) is 13.2 Å². The molecule has 26 heavy (non-hydrogen) atoms. The van der Waals surface area contributed by atoms with Crippen molar-refractivity contribution in [2.45, 2.75) is 18.2 Å². The molecule has 2 rings (SSSR count). The van der Waals surface area contributed by atoms with Crippen molar-refractivity contribution >= 4 is 21.7 Å². The smallest absolute Gasteiger partial charge is 0.334 e. The molecular weight excluding hydrogens is 358 g/mol. The summed E-state index contributed by atoms with van der Waals surface area (Å²) in [6, 6.07) is 10.8. The lowest BCUT2D eigenvalue weighted by molar-refractivity contribution is 0.250. The molecule has 0 atom stereocenters. The van der Waals surface area contributed by atoms with Gasteiger partial charge in [-0.05, 0) is 36.2 Å². The first-order chi connectivity index (χ1) is 12.4. The van der Waals surface area contributed by atoms with Gasteiger partial charge in [0.2, 0.25) is 0 Å². The summed E-state index contributed by atoms with van der Waals surface area (Å²) in [6.45, 7) is 2.02. The zero-order valence-electron chi connectivity index (χ0n) is 14.7. The van der Waals surface area contributed by atoms with Gasteiger partial charge >= 0.3 is 6.03 Å². The van der Waals surface area contributed by atoms with E-state index in [1.807, 2.05) is 23.9 Å². The number of nitrogens with one attached hydrogen (secondary N) is 3. The number of aryl methyl sites for hydroxylation is 1. The highest BCUT2D eigenvalue weighted by molar-refractivity contribution is 7.89. The third kappa shape index (κ3) is 4.87. The van der Waals surface area contributed by atoms with Crippen LogP contribution >= 0.6 is 0 Å². The standard InChI is InChI=1S/C17H21N3O5S/c1-4-12-5-7-13(8-6-12)18-17(21)19-20-26(22,23)16-11-14(24-2)9-10-15(16)25-3/h5-11,20H,4H2,1-3H3,(H2,18,19,21). The summed E-state index contributed by atoms with van der Waals surface area (Å²) in [4.78, 5) is 13.8. The van der Waals surface area contributed by atoms with Gasteiger partial charge in [-0.15, -0.1) is 4.83 Å². The fourth-order valence-corrected chi connectivity index (χ4v) is 3.17. The minimum Gasteiger partial charge on any atom is -0.497 e. The lowest BCUT2D eigenvalue weighted by atomic mass is 10.1. The molecule has 0 aliphatic carbocycles. The number of hydrazine groups is 1. The Hall–Kier alpha value is -2.78. The van der Waals surface area contributed by atoms with Crippen LogP contribution in [-0.4, -0.2) is 28.7 Å². The Balaban J connectivity index is 2.06. The first-order valence-electron chi connectivity index (χ1n) is 7.79. The van der Waals surface area contributed by atoms with Crippen molar-refractivity contribution in [3.05, 3.63) is 48.0 Å². The molecule has 0 saturated heterocycles. The summed E-state index contributed by atoms with van der Waals surface area (Å²) >= 11 is 0.